The number of esters is 1. The van der Waals surface area contributed by atoms with Gasteiger partial charge in [0.1, 0.15) is 17.6 Å². The zero-order valence-electron chi connectivity index (χ0n) is 20.7. The topological polar surface area (TPSA) is 76.5 Å². The molecule has 1 aliphatic carbocycles. The van der Waals surface area contributed by atoms with Crippen molar-refractivity contribution >= 4 is 17.3 Å². The second-order valence-electron chi connectivity index (χ2n) is 9.04. The molecule has 0 saturated carbocycles. The van der Waals surface area contributed by atoms with E-state index in [-0.39, 0.29) is 23.7 Å². The van der Waals surface area contributed by atoms with Crippen LogP contribution in [-0.4, -0.2) is 35.7 Å². The number of nitrogens with one attached hydrogen (secondary N) is 1. The SMILES string of the molecule is CCc1nc(-c2ccc(N(C)C)cc2C)n(C)c(=O)c1NC1c2ccccc2C[C@@H]1OC(C)=O. The highest BCUT2D eigenvalue weighted by Gasteiger charge is 2.35. The zero-order chi connectivity index (χ0) is 24.6. The van der Waals surface area contributed by atoms with Gasteiger partial charge in [0.2, 0.25) is 0 Å². The smallest absolute Gasteiger partial charge is 0.302 e. The Morgan fingerprint density at radius 3 is 2.62 bits per heavy atom. The standard InChI is InChI=1S/C27H32N4O3/c1-7-22-25(29-24-21-11-9-8-10-18(21)15-23(24)34-17(3)32)27(33)31(6)26(28-22)20-13-12-19(30(4)5)14-16(20)2/h8-14,23-24,29H,7,15H2,1-6H3/t23-,24?/m0/s1. The Bertz CT molecular complexity index is 1300. The Morgan fingerprint density at radius 1 is 1.24 bits per heavy atom. The largest absolute Gasteiger partial charge is 0.460 e. The average Bonchev–Trinajstić information content (AvgIpc) is 3.13. The van der Waals surface area contributed by atoms with Crippen LogP contribution < -0.4 is 15.8 Å². The van der Waals surface area contributed by atoms with Gasteiger partial charge in [0.15, 0.2) is 0 Å². The number of ether oxygens (including phenoxy) is 1. The minimum Gasteiger partial charge on any atom is -0.460 e. The summed E-state index contributed by atoms with van der Waals surface area (Å²) in [5.41, 5.74) is 6.22. The van der Waals surface area contributed by atoms with E-state index in [0.29, 0.717) is 30.0 Å². The summed E-state index contributed by atoms with van der Waals surface area (Å²) in [5, 5.41) is 3.42. The fraction of sp³-hybridized carbons (Fsp3) is 0.370. The molecule has 4 rings (SSSR count). The van der Waals surface area contributed by atoms with Crippen molar-refractivity contribution in [1.29, 1.82) is 0 Å². The minimum absolute atomic E-state index is 0.149. The van der Waals surface area contributed by atoms with Crippen LogP contribution in [0.1, 0.15) is 42.3 Å². The maximum atomic E-state index is 13.6. The maximum absolute atomic E-state index is 13.6. The normalized spacial score (nSPS) is 16.8. The van der Waals surface area contributed by atoms with Gasteiger partial charge < -0.3 is 15.0 Å². The first kappa shape index (κ1) is 23.5. The first-order chi connectivity index (χ1) is 16.2. The first-order valence-electron chi connectivity index (χ1n) is 11.6. The summed E-state index contributed by atoms with van der Waals surface area (Å²) >= 11 is 0. The Hall–Kier alpha value is -3.61. The van der Waals surface area contributed by atoms with Crippen LogP contribution in [0, 0.1) is 6.92 Å². The number of rotatable bonds is 6. The number of carbonyl (C=O) groups excluding carboxylic acids is 1. The fourth-order valence-electron chi connectivity index (χ4n) is 4.67. The predicted octanol–water partition coefficient (Wildman–Crippen LogP) is 4.03. The highest BCUT2D eigenvalue weighted by Crippen LogP contribution is 2.36. The van der Waals surface area contributed by atoms with Gasteiger partial charge in [-0.15, -0.1) is 0 Å². The van der Waals surface area contributed by atoms with E-state index < -0.39 is 0 Å². The van der Waals surface area contributed by atoms with Crippen LogP contribution in [0.5, 0.6) is 0 Å². The van der Waals surface area contributed by atoms with Crippen LogP contribution in [0.15, 0.2) is 47.3 Å². The second kappa shape index (κ2) is 9.33. The number of nitrogens with zero attached hydrogens (tertiary/aromatic N) is 3. The van der Waals surface area contributed by atoms with E-state index in [4.69, 9.17) is 9.72 Å². The molecule has 1 unspecified atom stereocenters. The molecule has 2 atom stereocenters. The fourth-order valence-corrected chi connectivity index (χ4v) is 4.67. The van der Waals surface area contributed by atoms with Crippen LogP contribution in [0.2, 0.25) is 0 Å². The molecule has 2 aromatic carbocycles. The van der Waals surface area contributed by atoms with Gasteiger partial charge in [0, 0.05) is 45.7 Å². The van der Waals surface area contributed by atoms with Gasteiger partial charge in [-0.25, -0.2) is 4.98 Å². The van der Waals surface area contributed by atoms with Crippen LogP contribution in [0.3, 0.4) is 0 Å². The van der Waals surface area contributed by atoms with Crippen molar-refractivity contribution in [1.82, 2.24) is 9.55 Å². The zero-order valence-corrected chi connectivity index (χ0v) is 20.7. The van der Waals surface area contributed by atoms with Gasteiger partial charge in [-0.05, 0) is 48.2 Å². The van der Waals surface area contributed by atoms with E-state index in [1.807, 2.05) is 69.2 Å². The van der Waals surface area contributed by atoms with Crippen molar-refractivity contribution in [2.24, 2.45) is 7.05 Å². The van der Waals surface area contributed by atoms with Crippen molar-refractivity contribution in [3.63, 3.8) is 0 Å². The molecule has 7 heteroatoms. The van der Waals surface area contributed by atoms with Gasteiger partial charge in [-0.2, -0.15) is 0 Å². The third-order valence-electron chi connectivity index (χ3n) is 6.47. The number of benzene rings is 2. The molecular weight excluding hydrogens is 428 g/mol. The van der Waals surface area contributed by atoms with Crippen molar-refractivity contribution < 1.29 is 9.53 Å². The number of carbonyl (C=O) groups is 1. The monoisotopic (exact) mass is 460 g/mol. The molecule has 0 saturated heterocycles. The van der Waals surface area contributed by atoms with Gasteiger partial charge in [0.05, 0.1) is 11.7 Å². The highest BCUT2D eigenvalue weighted by molar-refractivity contribution is 5.68. The molecule has 34 heavy (non-hydrogen) atoms. The second-order valence-corrected chi connectivity index (χ2v) is 9.04. The molecule has 0 fully saturated rings. The Morgan fingerprint density at radius 2 is 1.97 bits per heavy atom. The van der Waals surface area contributed by atoms with E-state index in [1.165, 1.54) is 6.92 Å². The summed E-state index contributed by atoms with van der Waals surface area (Å²) in [7, 11) is 5.76. The molecule has 1 aromatic heterocycles. The third kappa shape index (κ3) is 4.30. The lowest BCUT2D eigenvalue weighted by Crippen LogP contribution is -2.32. The van der Waals surface area contributed by atoms with Crippen molar-refractivity contribution in [2.75, 3.05) is 24.3 Å². The van der Waals surface area contributed by atoms with Crippen molar-refractivity contribution in [3.8, 4) is 11.4 Å². The van der Waals surface area contributed by atoms with E-state index >= 15 is 0 Å². The molecule has 0 bridgehead atoms. The van der Waals surface area contributed by atoms with Crippen LogP contribution >= 0.6 is 0 Å². The number of aryl methyl sites for hydroxylation is 2. The summed E-state index contributed by atoms with van der Waals surface area (Å²) < 4.78 is 7.22. The van der Waals surface area contributed by atoms with Crippen LogP contribution in [0.4, 0.5) is 11.4 Å². The summed E-state index contributed by atoms with van der Waals surface area (Å²) in [6.07, 6.45) is 0.815. The summed E-state index contributed by atoms with van der Waals surface area (Å²) in [4.78, 5) is 32.3. The first-order valence-corrected chi connectivity index (χ1v) is 11.6. The van der Waals surface area contributed by atoms with E-state index in [2.05, 4.69) is 11.4 Å². The number of hydrogen-bond acceptors (Lipinski definition) is 6. The quantitative estimate of drug-likeness (QED) is 0.560. The number of anilines is 2. The molecule has 3 aromatic rings. The molecule has 1 aliphatic rings. The summed E-state index contributed by atoms with van der Waals surface area (Å²) in [5.74, 6) is 0.303. The molecule has 1 heterocycles. The van der Waals surface area contributed by atoms with Gasteiger partial charge in [-0.1, -0.05) is 31.2 Å². The molecule has 7 nitrogen and oxygen atoms in total. The van der Waals surface area contributed by atoms with E-state index in [0.717, 1.165) is 27.9 Å². The lowest BCUT2D eigenvalue weighted by Gasteiger charge is -2.24. The Balaban J connectivity index is 1.77. The van der Waals surface area contributed by atoms with Gasteiger partial charge >= 0.3 is 5.97 Å². The van der Waals surface area contributed by atoms with Crippen molar-refractivity contribution in [2.45, 2.75) is 45.8 Å². The Kier molecular flexibility index (Phi) is 6.46. The van der Waals surface area contributed by atoms with Crippen LogP contribution in [0.25, 0.3) is 11.4 Å². The van der Waals surface area contributed by atoms with E-state index in [1.54, 1.807) is 11.6 Å². The minimum atomic E-state index is -0.384. The molecule has 0 radical (unpaired) electrons. The summed E-state index contributed by atoms with van der Waals surface area (Å²) in [6, 6.07) is 13.8. The third-order valence-corrected chi connectivity index (χ3v) is 6.47. The summed E-state index contributed by atoms with van der Waals surface area (Å²) in [6.45, 7) is 5.44. The number of aromatic nitrogens is 2. The average molecular weight is 461 g/mol. The molecule has 1 N–H and O–H groups in total. The lowest BCUT2D eigenvalue weighted by atomic mass is 10.1. The van der Waals surface area contributed by atoms with Gasteiger partial charge in [-0.3, -0.25) is 14.2 Å². The van der Waals surface area contributed by atoms with E-state index in [9.17, 15) is 9.59 Å². The molecule has 178 valence electrons. The predicted molar refractivity (Wildman–Crippen MR) is 135 cm³/mol. The molecular formula is C27H32N4O3. The molecule has 0 amide bonds. The number of hydrogen-bond donors (Lipinski definition) is 1. The number of fused-ring (bicyclic) bond motifs is 1. The van der Waals surface area contributed by atoms with Gasteiger partial charge in [0.25, 0.3) is 5.56 Å². The molecule has 0 spiro atoms. The maximum Gasteiger partial charge on any atom is 0.302 e. The lowest BCUT2D eigenvalue weighted by molar-refractivity contribution is -0.146. The molecule has 0 aliphatic heterocycles. The van der Waals surface area contributed by atoms with Crippen molar-refractivity contribution in [3.05, 3.63) is 75.2 Å². The Labute approximate surface area is 200 Å². The highest BCUT2D eigenvalue weighted by atomic mass is 16.5. The van der Waals surface area contributed by atoms with Crippen LogP contribution in [-0.2, 0) is 29.4 Å².